The van der Waals surface area contributed by atoms with Gasteiger partial charge in [0.25, 0.3) is 0 Å². The Morgan fingerprint density at radius 2 is 2.05 bits per heavy atom. The molecule has 0 unspecified atom stereocenters. The molecule has 0 aliphatic rings. The number of oxime groups is 1. The zero-order valence-electron chi connectivity index (χ0n) is 11.3. The summed E-state index contributed by atoms with van der Waals surface area (Å²) < 4.78 is 0. The average Bonchev–Trinajstić information content (AvgIpc) is 2.89. The van der Waals surface area contributed by atoms with Crippen LogP contribution in [-0.4, -0.2) is 32.8 Å². The molecule has 2 rings (SSSR count). The fourth-order valence-electron chi connectivity index (χ4n) is 1.62. The van der Waals surface area contributed by atoms with Gasteiger partial charge in [-0.15, -0.1) is 5.10 Å². The maximum atomic E-state index is 8.93. The van der Waals surface area contributed by atoms with Crippen LogP contribution in [0.5, 0.6) is 0 Å². The van der Waals surface area contributed by atoms with Crippen molar-refractivity contribution in [2.75, 3.05) is 0 Å². The quantitative estimate of drug-likeness (QED) is 0.507. The van der Waals surface area contributed by atoms with Crippen molar-refractivity contribution >= 4 is 17.6 Å². The number of aryl methyl sites for hydroxylation is 1. The van der Waals surface area contributed by atoms with Crippen LogP contribution in [0.1, 0.15) is 23.9 Å². The van der Waals surface area contributed by atoms with E-state index >= 15 is 0 Å². The van der Waals surface area contributed by atoms with E-state index in [0.29, 0.717) is 11.4 Å². The molecular weight excluding hydrogens is 254 g/mol. The Morgan fingerprint density at radius 3 is 2.65 bits per heavy atom. The van der Waals surface area contributed by atoms with Gasteiger partial charge in [0.1, 0.15) is 17.1 Å². The third kappa shape index (κ3) is 3.17. The van der Waals surface area contributed by atoms with Crippen LogP contribution < -0.4 is 0 Å². The maximum absolute atomic E-state index is 8.93. The third-order valence-corrected chi connectivity index (χ3v) is 2.75. The highest BCUT2D eigenvalue weighted by molar-refractivity contribution is 6.47. The molecule has 0 atom stereocenters. The van der Waals surface area contributed by atoms with Gasteiger partial charge in [-0.05, 0) is 13.8 Å². The second-order valence-electron chi connectivity index (χ2n) is 4.16. The van der Waals surface area contributed by atoms with Gasteiger partial charge in [0.2, 0.25) is 0 Å². The van der Waals surface area contributed by atoms with Crippen LogP contribution in [0.15, 0.2) is 52.0 Å². The molecule has 0 saturated carbocycles. The normalized spacial score (nSPS) is 13.1. The zero-order chi connectivity index (χ0) is 14.4. The van der Waals surface area contributed by atoms with Gasteiger partial charge in [0.05, 0.1) is 12.5 Å². The van der Waals surface area contributed by atoms with E-state index in [1.807, 2.05) is 37.3 Å². The van der Waals surface area contributed by atoms with Gasteiger partial charge >= 0.3 is 0 Å². The minimum absolute atomic E-state index is 0.395. The molecule has 0 bridgehead atoms. The molecule has 1 heterocycles. The van der Waals surface area contributed by atoms with Crippen molar-refractivity contribution in [1.82, 2.24) is 9.97 Å². The van der Waals surface area contributed by atoms with Crippen molar-refractivity contribution in [1.29, 1.82) is 0 Å². The van der Waals surface area contributed by atoms with Gasteiger partial charge in [0.15, 0.2) is 0 Å². The summed E-state index contributed by atoms with van der Waals surface area (Å²) in [5, 5.41) is 20.3. The Bertz CT molecular complexity index is 655. The SMILES string of the molecule is CC(=N\O)/C(=N\N=C/c1nc[nH]c1C)c1ccccc1. The largest absolute Gasteiger partial charge is 0.411 e. The second-order valence-corrected chi connectivity index (χ2v) is 4.16. The molecule has 2 aromatic rings. The highest BCUT2D eigenvalue weighted by Crippen LogP contribution is 2.04. The van der Waals surface area contributed by atoms with Crippen LogP contribution in [0.4, 0.5) is 0 Å². The minimum atomic E-state index is 0.395. The van der Waals surface area contributed by atoms with E-state index in [1.165, 1.54) is 0 Å². The third-order valence-electron chi connectivity index (χ3n) is 2.75. The summed E-state index contributed by atoms with van der Waals surface area (Å²) in [7, 11) is 0. The number of nitrogens with zero attached hydrogens (tertiary/aromatic N) is 4. The van der Waals surface area contributed by atoms with Crippen molar-refractivity contribution in [3.63, 3.8) is 0 Å². The smallest absolute Gasteiger partial charge is 0.117 e. The number of aromatic nitrogens is 2. The highest BCUT2D eigenvalue weighted by atomic mass is 16.4. The van der Waals surface area contributed by atoms with E-state index in [1.54, 1.807) is 19.5 Å². The van der Waals surface area contributed by atoms with Gasteiger partial charge < -0.3 is 10.2 Å². The monoisotopic (exact) mass is 269 g/mol. The van der Waals surface area contributed by atoms with Gasteiger partial charge in [-0.3, -0.25) is 0 Å². The standard InChI is InChI=1S/C14H15N5O/c1-10-13(16-9-15-10)8-17-18-14(11(2)19-20)12-6-4-3-5-7-12/h3-9,20H,1-2H3,(H,15,16)/b17-8-,18-14+,19-11+. The van der Waals surface area contributed by atoms with Gasteiger partial charge in [0, 0.05) is 11.3 Å². The summed E-state index contributed by atoms with van der Waals surface area (Å²) in [5.74, 6) is 0. The van der Waals surface area contributed by atoms with E-state index < -0.39 is 0 Å². The second kappa shape index (κ2) is 6.42. The number of aromatic amines is 1. The molecule has 1 aromatic carbocycles. The molecule has 0 fully saturated rings. The number of imidazole rings is 1. The Hall–Kier alpha value is -2.76. The molecule has 2 N–H and O–H groups in total. The molecular formula is C14H15N5O. The topological polar surface area (TPSA) is 86.0 Å². The number of hydrogen-bond acceptors (Lipinski definition) is 5. The Balaban J connectivity index is 2.31. The van der Waals surface area contributed by atoms with E-state index in [4.69, 9.17) is 5.21 Å². The van der Waals surface area contributed by atoms with E-state index in [2.05, 4.69) is 25.3 Å². The van der Waals surface area contributed by atoms with Gasteiger partial charge in [-0.2, -0.15) is 5.10 Å². The maximum Gasteiger partial charge on any atom is 0.117 e. The molecule has 0 spiro atoms. The molecule has 6 heteroatoms. The Kier molecular flexibility index (Phi) is 4.39. The average molecular weight is 269 g/mol. The number of H-pyrrole nitrogens is 1. The Labute approximate surface area is 116 Å². The summed E-state index contributed by atoms with van der Waals surface area (Å²) in [4.78, 5) is 7.05. The highest BCUT2D eigenvalue weighted by Gasteiger charge is 2.07. The number of benzene rings is 1. The fraction of sp³-hybridized carbons (Fsp3) is 0.143. The van der Waals surface area contributed by atoms with Crippen LogP contribution in [0.25, 0.3) is 0 Å². The lowest BCUT2D eigenvalue weighted by Crippen LogP contribution is -2.11. The summed E-state index contributed by atoms with van der Waals surface area (Å²) >= 11 is 0. The first-order chi connectivity index (χ1) is 9.72. The predicted molar refractivity (Wildman–Crippen MR) is 78.8 cm³/mol. The molecule has 102 valence electrons. The lowest BCUT2D eigenvalue weighted by molar-refractivity contribution is 0.320. The van der Waals surface area contributed by atoms with E-state index in [0.717, 1.165) is 17.0 Å². The predicted octanol–water partition coefficient (Wildman–Crippen LogP) is 2.39. The molecule has 0 aliphatic heterocycles. The van der Waals surface area contributed by atoms with Crippen molar-refractivity contribution in [2.45, 2.75) is 13.8 Å². The van der Waals surface area contributed by atoms with Crippen LogP contribution in [-0.2, 0) is 0 Å². The van der Waals surface area contributed by atoms with Gasteiger partial charge in [-0.25, -0.2) is 4.98 Å². The zero-order valence-corrected chi connectivity index (χ0v) is 11.3. The lowest BCUT2D eigenvalue weighted by atomic mass is 10.1. The van der Waals surface area contributed by atoms with Crippen LogP contribution in [0, 0.1) is 6.92 Å². The summed E-state index contributed by atoms with van der Waals surface area (Å²) in [5.41, 5.74) is 3.38. The number of rotatable bonds is 4. The molecule has 20 heavy (non-hydrogen) atoms. The minimum Gasteiger partial charge on any atom is -0.411 e. The Morgan fingerprint density at radius 1 is 1.30 bits per heavy atom. The van der Waals surface area contributed by atoms with Crippen LogP contribution >= 0.6 is 0 Å². The first-order valence-electron chi connectivity index (χ1n) is 6.08. The van der Waals surface area contributed by atoms with Crippen molar-refractivity contribution < 1.29 is 5.21 Å². The lowest BCUT2D eigenvalue weighted by Gasteiger charge is -2.02. The van der Waals surface area contributed by atoms with E-state index in [-0.39, 0.29) is 0 Å². The molecule has 0 aliphatic carbocycles. The summed E-state index contributed by atoms with van der Waals surface area (Å²) in [6, 6.07) is 9.43. The number of nitrogens with one attached hydrogen (secondary N) is 1. The van der Waals surface area contributed by atoms with E-state index in [9.17, 15) is 0 Å². The molecule has 0 amide bonds. The first kappa shape index (κ1) is 13.7. The molecule has 6 nitrogen and oxygen atoms in total. The summed E-state index contributed by atoms with van der Waals surface area (Å²) in [6.07, 6.45) is 3.15. The molecule has 0 saturated heterocycles. The van der Waals surface area contributed by atoms with Crippen LogP contribution in [0.3, 0.4) is 0 Å². The molecule has 1 aromatic heterocycles. The fourth-order valence-corrected chi connectivity index (χ4v) is 1.62. The summed E-state index contributed by atoms with van der Waals surface area (Å²) in [6.45, 7) is 3.57. The first-order valence-corrected chi connectivity index (χ1v) is 6.08. The van der Waals surface area contributed by atoms with Gasteiger partial charge in [-0.1, -0.05) is 35.5 Å². The van der Waals surface area contributed by atoms with Crippen LogP contribution in [0.2, 0.25) is 0 Å². The van der Waals surface area contributed by atoms with Crippen molar-refractivity contribution in [3.05, 3.63) is 53.6 Å². The van der Waals surface area contributed by atoms with Crippen molar-refractivity contribution in [3.8, 4) is 0 Å². The number of hydrogen-bond donors (Lipinski definition) is 2. The van der Waals surface area contributed by atoms with Crippen molar-refractivity contribution in [2.24, 2.45) is 15.4 Å². The molecule has 0 radical (unpaired) electrons.